The van der Waals surface area contributed by atoms with Gasteiger partial charge in [0.25, 0.3) is 5.92 Å². The van der Waals surface area contributed by atoms with Gasteiger partial charge >= 0.3 is 0 Å². The molecule has 0 spiro atoms. The smallest absolute Gasteiger partial charge is 0.299 e. The molecule has 10 rings (SSSR count). The van der Waals surface area contributed by atoms with E-state index < -0.39 is 5.92 Å². The molecule has 8 aromatic rings. The average Bonchev–Trinajstić information content (AvgIpc) is 3.66. The van der Waals surface area contributed by atoms with E-state index in [9.17, 15) is 0 Å². The number of halogens is 2. The first-order valence-electron chi connectivity index (χ1n) is 17.0. The van der Waals surface area contributed by atoms with Crippen LogP contribution < -0.4 is 0 Å². The Kier molecular flexibility index (Phi) is 6.64. The summed E-state index contributed by atoms with van der Waals surface area (Å²) in [5.41, 5.74) is 13.6. The summed E-state index contributed by atoms with van der Waals surface area (Å²) in [7, 11) is 0. The van der Waals surface area contributed by atoms with Gasteiger partial charge in [0.1, 0.15) is 0 Å². The van der Waals surface area contributed by atoms with Crippen LogP contribution in [-0.4, -0.2) is 19.5 Å². The summed E-state index contributed by atoms with van der Waals surface area (Å²) in [4.78, 5) is 14.2. The molecule has 0 saturated carbocycles. The molecular formula is C46H26F2N4. The van der Waals surface area contributed by atoms with Crippen LogP contribution in [0.15, 0.2) is 169 Å². The van der Waals surface area contributed by atoms with Crippen molar-refractivity contribution >= 4 is 27.4 Å². The molecule has 4 nitrogen and oxygen atoms in total. The SMILES string of the molecule is FC1(F)c2cc(-c3ccc(-n4c5ccccc5c5ccccc54)cc3)ccc2-c2ccc(-c3nc(C4=CC=C=C=C4)nc(-c4ccccc4)n3)cc21. The molecule has 0 fully saturated rings. The van der Waals surface area contributed by atoms with Crippen LogP contribution in [0, 0.1) is 0 Å². The lowest BCUT2D eigenvalue weighted by atomic mass is 9.98. The maximum absolute atomic E-state index is 16.5. The fourth-order valence-electron chi connectivity index (χ4n) is 7.38. The van der Waals surface area contributed by atoms with Gasteiger partial charge < -0.3 is 4.57 Å². The zero-order chi connectivity index (χ0) is 34.8. The number of rotatable bonds is 5. The quantitative estimate of drug-likeness (QED) is 0.171. The first-order chi connectivity index (χ1) is 25.5. The number of aromatic nitrogens is 4. The Labute approximate surface area is 297 Å². The third-order valence-corrected chi connectivity index (χ3v) is 9.89. The third kappa shape index (κ3) is 4.71. The summed E-state index contributed by atoms with van der Waals surface area (Å²) in [6.07, 6.45) is 5.33. The lowest BCUT2D eigenvalue weighted by Gasteiger charge is -2.15. The number of hydrogen-bond acceptors (Lipinski definition) is 3. The van der Waals surface area contributed by atoms with Gasteiger partial charge in [-0.25, -0.2) is 15.0 Å². The molecule has 0 amide bonds. The summed E-state index contributed by atoms with van der Waals surface area (Å²) >= 11 is 0. The molecular weight excluding hydrogens is 647 g/mol. The highest BCUT2D eigenvalue weighted by Gasteiger charge is 2.44. The molecule has 6 heteroatoms. The number of para-hydroxylation sites is 2. The van der Waals surface area contributed by atoms with Crippen LogP contribution in [0.1, 0.15) is 17.0 Å². The zero-order valence-electron chi connectivity index (χ0n) is 27.6. The minimum Gasteiger partial charge on any atom is -0.309 e. The van der Waals surface area contributed by atoms with Gasteiger partial charge in [0.2, 0.25) is 0 Å². The highest BCUT2D eigenvalue weighted by Crippen LogP contribution is 2.52. The second-order valence-corrected chi connectivity index (χ2v) is 12.9. The molecule has 0 aliphatic heterocycles. The van der Waals surface area contributed by atoms with E-state index in [1.807, 2.05) is 78.9 Å². The van der Waals surface area contributed by atoms with Crippen molar-refractivity contribution in [3.63, 3.8) is 0 Å². The van der Waals surface area contributed by atoms with E-state index in [2.05, 4.69) is 64.6 Å². The number of alkyl halides is 2. The van der Waals surface area contributed by atoms with Crippen molar-refractivity contribution in [3.8, 4) is 50.7 Å². The molecule has 244 valence electrons. The number of benzene rings is 6. The van der Waals surface area contributed by atoms with Crippen LogP contribution in [0.3, 0.4) is 0 Å². The molecule has 2 heterocycles. The van der Waals surface area contributed by atoms with Crippen LogP contribution in [0.5, 0.6) is 0 Å². The largest absolute Gasteiger partial charge is 0.309 e. The van der Waals surface area contributed by atoms with Crippen molar-refractivity contribution in [2.45, 2.75) is 5.92 Å². The van der Waals surface area contributed by atoms with E-state index in [-0.39, 0.29) is 11.1 Å². The van der Waals surface area contributed by atoms with Gasteiger partial charge in [0, 0.05) is 44.3 Å². The van der Waals surface area contributed by atoms with Gasteiger partial charge in [-0.2, -0.15) is 8.78 Å². The summed E-state index contributed by atoms with van der Waals surface area (Å²) in [6.45, 7) is 0. The van der Waals surface area contributed by atoms with Gasteiger partial charge in [-0.15, -0.1) is 0 Å². The third-order valence-electron chi connectivity index (χ3n) is 9.89. The van der Waals surface area contributed by atoms with Crippen molar-refractivity contribution in [1.82, 2.24) is 19.5 Å². The Morgan fingerprint density at radius 2 is 1.06 bits per heavy atom. The lowest BCUT2D eigenvalue weighted by Crippen LogP contribution is -2.11. The molecule has 2 aliphatic carbocycles. The van der Waals surface area contributed by atoms with Gasteiger partial charge in [-0.3, -0.25) is 0 Å². The molecule has 0 N–H and O–H groups in total. The van der Waals surface area contributed by atoms with Crippen molar-refractivity contribution < 1.29 is 8.78 Å². The van der Waals surface area contributed by atoms with Crippen molar-refractivity contribution in [2.24, 2.45) is 0 Å². The second kappa shape index (κ2) is 11.5. The highest BCUT2D eigenvalue weighted by atomic mass is 19.3. The minimum atomic E-state index is -3.22. The molecule has 0 unspecified atom stereocenters. The van der Waals surface area contributed by atoms with Crippen molar-refractivity contribution in [2.75, 3.05) is 0 Å². The molecule has 0 atom stereocenters. The Bertz CT molecular complexity index is 2840. The monoisotopic (exact) mass is 672 g/mol. The van der Waals surface area contributed by atoms with E-state index in [1.54, 1.807) is 24.3 Å². The van der Waals surface area contributed by atoms with Crippen molar-refractivity contribution in [1.29, 1.82) is 0 Å². The summed E-state index contributed by atoms with van der Waals surface area (Å²) in [5, 5.41) is 2.37. The van der Waals surface area contributed by atoms with E-state index in [0.717, 1.165) is 39.0 Å². The Hall–Kier alpha value is -6.97. The molecule has 52 heavy (non-hydrogen) atoms. The fraction of sp³-hybridized carbons (Fsp3) is 0.0217. The summed E-state index contributed by atoms with van der Waals surface area (Å²) in [5.74, 6) is -2.02. The maximum Gasteiger partial charge on any atom is 0.299 e. The van der Waals surface area contributed by atoms with E-state index in [1.165, 1.54) is 16.8 Å². The van der Waals surface area contributed by atoms with E-state index in [4.69, 9.17) is 15.0 Å². The minimum absolute atomic E-state index is 0.0130. The van der Waals surface area contributed by atoms with E-state index in [0.29, 0.717) is 34.2 Å². The predicted molar refractivity (Wildman–Crippen MR) is 203 cm³/mol. The average molecular weight is 673 g/mol. The topological polar surface area (TPSA) is 43.6 Å². The number of fused-ring (bicyclic) bond motifs is 6. The lowest BCUT2D eigenvalue weighted by molar-refractivity contribution is 0.0481. The molecule has 0 saturated heterocycles. The Morgan fingerprint density at radius 3 is 1.71 bits per heavy atom. The van der Waals surface area contributed by atoms with Crippen LogP contribution in [0.4, 0.5) is 8.78 Å². The summed E-state index contributed by atoms with van der Waals surface area (Å²) < 4.78 is 35.2. The molecule has 0 bridgehead atoms. The van der Waals surface area contributed by atoms with Gasteiger partial charge in [-0.05, 0) is 76.9 Å². The Morgan fingerprint density at radius 1 is 0.500 bits per heavy atom. The van der Waals surface area contributed by atoms with Crippen LogP contribution in [-0.2, 0) is 5.92 Å². The second-order valence-electron chi connectivity index (χ2n) is 12.9. The van der Waals surface area contributed by atoms with Gasteiger partial charge in [0.05, 0.1) is 11.0 Å². The van der Waals surface area contributed by atoms with Gasteiger partial charge in [0.15, 0.2) is 17.5 Å². The molecule has 2 aromatic heterocycles. The number of allylic oxidation sites excluding steroid dienone is 4. The van der Waals surface area contributed by atoms with Crippen LogP contribution >= 0.6 is 0 Å². The maximum atomic E-state index is 16.5. The molecule has 2 aliphatic rings. The number of hydrogen-bond donors (Lipinski definition) is 0. The first kappa shape index (κ1) is 29.9. The van der Waals surface area contributed by atoms with E-state index >= 15 is 8.78 Å². The predicted octanol–water partition coefficient (Wildman–Crippen LogP) is 11.4. The number of nitrogens with zero attached hydrogens (tertiary/aromatic N) is 4. The van der Waals surface area contributed by atoms with Crippen molar-refractivity contribution in [3.05, 3.63) is 186 Å². The fourth-order valence-corrected chi connectivity index (χ4v) is 7.38. The normalized spacial score (nSPS) is 13.8. The Balaban J connectivity index is 1.02. The molecule has 0 radical (unpaired) electrons. The zero-order valence-corrected chi connectivity index (χ0v) is 27.6. The first-order valence-corrected chi connectivity index (χ1v) is 17.0. The van der Waals surface area contributed by atoms with Crippen LogP contribution in [0.2, 0.25) is 0 Å². The highest BCUT2D eigenvalue weighted by molar-refractivity contribution is 6.09. The van der Waals surface area contributed by atoms with Gasteiger partial charge in [-0.1, -0.05) is 115 Å². The summed E-state index contributed by atoms with van der Waals surface area (Å²) in [6, 6.07) is 44.8. The standard InChI is InChI=1S/C46H26F2N4/c47-46(48)39-27-32(29-19-23-34(24-20-29)52-41-17-9-7-15-37(41)38-16-8-10-18-42(38)52)21-25-35(39)36-26-22-33(28-40(36)46)45-50-43(30-11-3-1-4-12-30)49-44(51-45)31-13-5-2-6-14-31/h1,3-5,7-28H. The van der Waals surface area contributed by atoms with Crippen LogP contribution in [0.25, 0.3) is 78.1 Å². The molecule has 6 aromatic carbocycles.